The third-order valence-corrected chi connectivity index (χ3v) is 2.68. The molecule has 0 saturated carbocycles. The molecule has 1 aromatic rings. The molecule has 1 saturated heterocycles. The number of carbonyl (C=O) groups is 1. The molecule has 0 aromatic carbocycles. The van der Waals surface area contributed by atoms with E-state index in [4.69, 9.17) is 4.74 Å². The lowest BCUT2D eigenvalue weighted by molar-refractivity contribution is 0.177. The van der Waals surface area contributed by atoms with Gasteiger partial charge in [-0.25, -0.2) is 9.78 Å². The molecule has 0 radical (unpaired) electrons. The number of rotatable bonds is 1. The maximum Gasteiger partial charge on any atom is 0.407 e. The standard InChI is InChI=1S/C7H8N2O2S/c1-4-3-12-6(8-4)5-2-11-7(10)9-5/h3,5H,2H2,1H3,(H,9,10). The van der Waals surface area contributed by atoms with Gasteiger partial charge in [-0.2, -0.15) is 0 Å². The molecule has 4 nitrogen and oxygen atoms in total. The Morgan fingerprint density at radius 2 is 2.67 bits per heavy atom. The van der Waals surface area contributed by atoms with E-state index >= 15 is 0 Å². The third kappa shape index (κ3) is 1.27. The van der Waals surface area contributed by atoms with E-state index in [-0.39, 0.29) is 12.1 Å². The number of aromatic nitrogens is 1. The van der Waals surface area contributed by atoms with E-state index in [1.165, 1.54) is 0 Å². The predicted molar refractivity (Wildman–Crippen MR) is 44.1 cm³/mol. The molecular weight excluding hydrogens is 176 g/mol. The molecule has 12 heavy (non-hydrogen) atoms. The summed E-state index contributed by atoms with van der Waals surface area (Å²) in [5, 5.41) is 5.54. The largest absolute Gasteiger partial charge is 0.447 e. The fourth-order valence-corrected chi connectivity index (χ4v) is 1.88. The number of carbonyl (C=O) groups excluding carboxylic acids is 1. The highest BCUT2D eigenvalue weighted by Gasteiger charge is 2.25. The summed E-state index contributed by atoms with van der Waals surface area (Å²) in [6.45, 7) is 2.32. The van der Waals surface area contributed by atoms with Gasteiger partial charge in [-0.15, -0.1) is 11.3 Å². The fourth-order valence-electron chi connectivity index (χ4n) is 1.05. The molecular formula is C7H8N2O2S. The highest BCUT2D eigenvalue weighted by atomic mass is 32.1. The fraction of sp³-hybridized carbons (Fsp3) is 0.429. The zero-order chi connectivity index (χ0) is 8.55. The Balaban J connectivity index is 2.15. The Morgan fingerprint density at radius 1 is 1.83 bits per heavy atom. The average Bonchev–Trinajstić information content (AvgIpc) is 2.58. The molecule has 0 bridgehead atoms. The van der Waals surface area contributed by atoms with E-state index in [2.05, 4.69) is 10.3 Å². The van der Waals surface area contributed by atoms with Gasteiger partial charge in [0.25, 0.3) is 0 Å². The van der Waals surface area contributed by atoms with E-state index in [1.54, 1.807) is 11.3 Å². The highest BCUT2D eigenvalue weighted by Crippen LogP contribution is 2.21. The van der Waals surface area contributed by atoms with Crippen molar-refractivity contribution in [1.82, 2.24) is 10.3 Å². The molecule has 1 aromatic heterocycles. The van der Waals surface area contributed by atoms with Crippen molar-refractivity contribution in [2.75, 3.05) is 6.61 Å². The number of hydrogen-bond acceptors (Lipinski definition) is 4. The first-order chi connectivity index (χ1) is 5.75. The number of amides is 1. The molecule has 1 fully saturated rings. The van der Waals surface area contributed by atoms with Crippen LogP contribution in [0.4, 0.5) is 4.79 Å². The number of nitrogens with one attached hydrogen (secondary N) is 1. The second-order valence-corrected chi connectivity index (χ2v) is 3.51. The number of cyclic esters (lactones) is 1. The Morgan fingerprint density at radius 3 is 3.17 bits per heavy atom. The molecule has 2 rings (SSSR count). The van der Waals surface area contributed by atoms with Crippen LogP contribution in [0.5, 0.6) is 0 Å². The normalized spacial score (nSPS) is 22.1. The molecule has 64 valence electrons. The topological polar surface area (TPSA) is 51.2 Å². The second kappa shape index (κ2) is 2.75. The summed E-state index contributed by atoms with van der Waals surface area (Å²) in [5.74, 6) is 0. The zero-order valence-electron chi connectivity index (χ0n) is 6.53. The smallest absolute Gasteiger partial charge is 0.407 e. The third-order valence-electron chi connectivity index (χ3n) is 1.61. The Hall–Kier alpha value is -1.10. The molecule has 0 spiro atoms. The van der Waals surface area contributed by atoms with Crippen LogP contribution in [-0.4, -0.2) is 17.7 Å². The van der Waals surface area contributed by atoms with Crippen LogP contribution in [0.25, 0.3) is 0 Å². The first-order valence-electron chi connectivity index (χ1n) is 3.61. The summed E-state index contributed by atoms with van der Waals surface area (Å²) in [6.07, 6.45) is -0.354. The van der Waals surface area contributed by atoms with Gasteiger partial charge in [-0.3, -0.25) is 0 Å². The molecule has 1 atom stereocenters. The maximum absolute atomic E-state index is 10.7. The lowest BCUT2D eigenvalue weighted by Crippen LogP contribution is -2.17. The van der Waals surface area contributed by atoms with Crippen LogP contribution in [0.15, 0.2) is 5.38 Å². The molecule has 2 heterocycles. The average molecular weight is 184 g/mol. The molecule has 1 N–H and O–H groups in total. The second-order valence-electron chi connectivity index (χ2n) is 2.62. The lowest BCUT2D eigenvalue weighted by Gasteiger charge is -2.00. The van der Waals surface area contributed by atoms with Gasteiger partial charge < -0.3 is 10.1 Å². The van der Waals surface area contributed by atoms with E-state index in [9.17, 15) is 4.79 Å². The quantitative estimate of drug-likeness (QED) is 0.714. The zero-order valence-corrected chi connectivity index (χ0v) is 7.35. The SMILES string of the molecule is Cc1csc(C2COC(=O)N2)n1. The first kappa shape index (κ1) is 7.54. The van der Waals surface area contributed by atoms with Gasteiger partial charge in [0.1, 0.15) is 17.7 Å². The minimum atomic E-state index is -0.354. The van der Waals surface area contributed by atoms with Gasteiger partial charge in [0, 0.05) is 11.1 Å². The Bertz CT molecular complexity index is 310. The van der Waals surface area contributed by atoms with Gasteiger partial charge in [0.2, 0.25) is 0 Å². The Kier molecular flexibility index (Phi) is 1.73. The molecule has 1 aliphatic heterocycles. The van der Waals surface area contributed by atoms with Crippen molar-refractivity contribution in [3.05, 3.63) is 16.1 Å². The Labute approximate surface area is 73.6 Å². The van der Waals surface area contributed by atoms with Gasteiger partial charge >= 0.3 is 6.09 Å². The summed E-state index contributed by atoms with van der Waals surface area (Å²) < 4.78 is 4.75. The van der Waals surface area contributed by atoms with Gasteiger partial charge in [-0.1, -0.05) is 0 Å². The molecule has 0 aliphatic carbocycles. The van der Waals surface area contributed by atoms with Crippen LogP contribution < -0.4 is 5.32 Å². The summed E-state index contributed by atoms with van der Waals surface area (Å²) in [4.78, 5) is 14.9. The number of nitrogens with zero attached hydrogens (tertiary/aromatic N) is 1. The van der Waals surface area contributed by atoms with E-state index in [1.807, 2.05) is 12.3 Å². The van der Waals surface area contributed by atoms with Crippen LogP contribution in [0.1, 0.15) is 16.7 Å². The highest BCUT2D eigenvalue weighted by molar-refractivity contribution is 7.09. The van der Waals surface area contributed by atoms with Crippen molar-refractivity contribution >= 4 is 17.4 Å². The van der Waals surface area contributed by atoms with Crippen LogP contribution in [0.3, 0.4) is 0 Å². The maximum atomic E-state index is 10.7. The molecule has 5 heteroatoms. The summed E-state index contributed by atoms with van der Waals surface area (Å²) in [6, 6.07) is -0.0452. The van der Waals surface area contributed by atoms with E-state index in [0.717, 1.165) is 10.7 Å². The molecule has 1 amide bonds. The number of thiazole rings is 1. The van der Waals surface area contributed by atoms with Crippen molar-refractivity contribution in [2.24, 2.45) is 0 Å². The van der Waals surface area contributed by atoms with Gasteiger partial charge in [0.15, 0.2) is 0 Å². The molecule has 1 unspecified atom stereocenters. The number of aryl methyl sites for hydroxylation is 1. The monoisotopic (exact) mass is 184 g/mol. The minimum Gasteiger partial charge on any atom is -0.447 e. The van der Waals surface area contributed by atoms with Gasteiger partial charge in [0.05, 0.1) is 0 Å². The predicted octanol–water partition coefficient (Wildman–Crippen LogP) is 1.23. The van der Waals surface area contributed by atoms with Crippen molar-refractivity contribution in [1.29, 1.82) is 0 Å². The van der Waals surface area contributed by atoms with Crippen LogP contribution in [-0.2, 0) is 4.74 Å². The first-order valence-corrected chi connectivity index (χ1v) is 4.49. The number of ether oxygens (including phenoxy) is 1. The van der Waals surface area contributed by atoms with Crippen LogP contribution in [0, 0.1) is 6.92 Å². The van der Waals surface area contributed by atoms with Crippen molar-refractivity contribution in [3.63, 3.8) is 0 Å². The van der Waals surface area contributed by atoms with Gasteiger partial charge in [-0.05, 0) is 6.92 Å². The summed E-state index contributed by atoms with van der Waals surface area (Å²) >= 11 is 1.54. The van der Waals surface area contributed by atoms with Crippen molar-refractivity contribution < 1.29 is 9.53 Å². The van der Waals surface area contributed by atoms with Crippen molar-refractivity contribution in [2.45, 2.75) is 13.0 Å². The van der Waals surface area contributed by atoms with Crippen molar-refractivity contribution in [3.8, 4) is 0 Å². The van der Waals surface area contributed by atoms with E-state index < -0.39 is 0 Å². The minimum absolute atomic E-state index is 0.0452. The number of alkyl carbamates (subject to hydrolysis) is 1. The van der Waals surface area contributed by atoms with E-state index in [0.29, 0.717) is 6.61 Å². The number of hydrogen-bond donors (Lipinski definition) is 1. The molecule has 1 aliphatic rings. The van der Waals surface area contributed by atoms with Crippen LogP contribution >= 0.6 is 11.3 Å². The summed E-state index contributed by atoms with van der Waals surface area (Å²) in [7, 11) is 0. The lowest BCUT2D eigenvalue weighted by atomic mass is 10.3. The summed E-state index contributed by atoms with van der Waals surface area (Å²) in [5.41, 5.74) is 0.983. The van der Waals surface area contributed by atoms with Crippen LogP contribution in [0.2, 0.25) is 0 Å².